The van der Waals surface area contributed by atoms with E-state index in [9.17, 15) is 4.79 Å². The van der Waals surface area contributed by atoms with Crippen LogP contribution in [-0.4, -0.2) is 45.8 Å². The zero-order valence-electron chi connectivity index (χ0n) is 10.8. The second-order valence-corrected chi connectivity index (χ2v) is 3.02. The Labute approximate surface area is 107 Å². The van der Waals surface area contributed by atoms with E-state index in [2.05, 4.69) is 17.9 Å². The third kappa shape index (κ3) is 7.70. The van der Waals surface area contributed by atoms with E-state index in [1.54, 1.807) is 0 Å². The predicted octanol–water partition coefficient (Wildman–Crippen LogP) is 1.23. The van der Waals surface area contributed by atoms with Crippen molar-refractivity contribution in [1.82, 2.24) is 0 Å². The van der Waals surface area contributed by atoms with Crippen molar-refractivity contribution in [2.45, 2.75) is 13.2 Å². The van der Waals surface area contributed by atoms with Gasteiger partial charge in [-0.1, -0.05) is 6.58 Å². The fourth-order valence-electron chi connectivity index (χ4n) is 0.983. The van der Waals surface area contributed by atoms with Crippen LogP contribution < -0.4 is 0 Å². The summed E-state index contributed by atoms with van der Waals surface area (Å²) in [5.41, 5.74) is 0. The van der Waals surface area contributed by atoms with Gasteiger partial charge in [-0.3, -0.25) is 0 Å². The maximum absolute atomic E-state index is 11.0. The number of carbonyl (C=O) groups is 1. The summed E-state index contributed by atoms with van der Waals surface area (Å²) in [6.45, 7) is 9.85. The summed E-state index contributed by atoms with van der Waals surface area (Å²) in [7, 11) is 1.25. The van der Waals surface area contributed by atoms with Crippen LogP contribution in [0.2, 0.25) is 0 Å². The van der Waals surface area contributed by atoms with Gasteiger partial charge in [0.25, 0.3) is 0 Å². The molecule has 18 heavy (non-hydrogen) atoms. The zero-order chi connectivity index (χ0) is 13.8. The van der Waals surface area contributed by atoms with Gasteiger partial charge in [0.05, 0.1) is 20.0 Å². The number of carbonyl (C=O) groups excluding carboxylic acids is 1. The number of rotatable bonds is 11. The van der Waals surface area contributed by atoms with Gasteiger partial charge in [-0.25, -0.2) is 4.79 Å². The van der Waals surface area contributed by atoms with E-state index in [0.29, 0.717) is 19.8 Å². The minimum atomic E-state index is -0.625. The predicted molar refractivity (Wildman–Crippen MR) is 64.6 cm³/mol. The van der Waals surface area contributed by atoms with Crippen molar-refractivity contribution in [3.05, 3.63) is 25.2 Å². The maximum Gasteiger partial charge on any atom is 0.372 e. The van der Waals surface area contributed by atoms with Crippen LogP contribution in [0.1, 0.15) is 6.92 Å². The highest BCUT2D eigenvalue weighted by Crippen LogP contribution is 2.02. The zero-order valence-corrected chi connectivity index (χ0v) is 10.8. The molecule has 0 saturated heterocycles. The van der Waals surface area contributed by atoms with Crippen LogP contribution in [0.4, 0.5) is 0 Å². The molecular weight excluding hydrogens is 240 g/mol. The van der Waals surface area contributed by atoms with Gasteiger partial charge < -0.3 is 23.7 Å². The Hall–Kier alpha value is -1.53. The van der Waals surface area contributed by atoms with Gasteiger partial charge >= 0.3 is 5.97 Å². The van der Waals surface area contributed by atoms with Crippen molar-refractivity contribution in [2.24, 2.45) is 0 Å². The second-order valence-electron chi connectivity index (χ2n) is 3.02. The Morgan fingerprint density at radius 2 is 2.06 bits per heavy atom. The van der Waals surface area contributed by atoms with Crippen LogP contribution >= 0.6 is 0 Å². The maximum atomic E-state index is 11.0. The first-order valence-corrected chi connectivity index (χ1v) is 5.51. The first kappa shape index (κ1) is 16.5. The van der Waals surface area contributed by atoms with Gasteiger partial charge in [-0.05, 0) is 13.5 Å². The topological polar surface area (TPSA) is 63.2 Å². The summed E-state index contributed by atoms with van der Waals surface area (Å²) in [5.74, 6) is -0.714. The first-order valence-electron chi connectivity index (χ1n) is 5.51. The Kier molecular flexibility index (Phi) is 9.71. The summed E-state index contributed by atoms with van der Waals surface area (Å²) in [6.07, 6.45) is 0.735. The molecule has 6 nitrogen and oxygen atoms in total. The van der Waals surface area contributed by atoms with E-state index in [1.165, 1.54) is 13.4 Å². The Bertz CT molecular complexity index is 263. The minimum Gasteiger partial charge on any atom is -0.499 e. The molecule has 0 aromatic carbocycles. The molecule has 104 valence electrons. The lowest BCUT2D eigenvalue weighted by molar-refractivity contribution is -0.171. The van der Waals surface area contributed by atoms with Crippen molar-refractivity contribution in [3.8, 4) is 0 Å². The number of hydrogen-bond acceptors (Lipinski definition) is 6. The highest BCUT2D eigenvalue weighted by molar-refractivity contribution is 5.85. The van der Waals surface area contributed by atoms with Crippen LogP contribution in [0.25, 0.3) is 0 Å². The van der Waals surface area contributed by atoms with Crippen LogP contribution in [0.15, 0.2) is 25.2 Å². The fourth-order valence-corrected chi connectivity index (χ4v) is 0.983. The first-order chi connectivity index (χ1) is 8.65. The fraction of sp³-hybridized carbons (Fsp3) is 0.583. The molecule has 1 unspecified atom stereocenters. The molecule has 0 aromatic heterocycles. The molecule has 0 bridgehead atoms. The van der Waals surface area contributed by atoms with Crippen molar-refractivity contribution in [2.75, 3.05) is 33.5 Å². The van der Waals surface area contributed by atoms with E-state index in [4.69, 9.17) is 18.9 Å². The quantitative estimate of drug-likeness (QED) is 0.183. The van der Waals surface area contributed by atoms with Gasteiger partial charge in [0.15, 0.2) is 12.0 Å². The molecule has 0 rings (SSSR count). The van der Waals surface area contributed by atoms with E-state index in [1.807, 2.05) is 6.92 Å². The van der Waals surface area contributed by atoms with E-state index >= 15 is 0 Å². The summed E-state index contributed by atoms with van der Waals surface area (Å²) in [4.78, 5) is 11.0. The molecule has 0 aliphatic heterocycles. The third-order valence-electron chi connectivity index (χ3n) is 1.78. The Balaban J connectivity index is 3.91. The van der Waals surface area contributed by atoms with Gasteiger partial charge in [-0.2, -0.15) is 0 Å². The lowest BCUT2D eigenvalue weighted by Crippen LogP contribution is -2.26. The normalized spacial score (nSPS) is 11.4. The number of ether oxygens (including phenoxy) is 5. The minimum absolute atomic E-state index is 0.0515. The van der Waals surface area contributed by atoms with E-state index in [0.717, 1.165) is 0 Å². The van der Waals surface area contributed by atoms with Gasteiger partial charge in [0.2, 0.25) is 0 Å². The Morgan fingerprint density at radius 1 is 1.33 bits per heavy atom. The number of hydrogen-bond donors (Lipinski definition) is 0. The standard InChI is InChI=1S/C12H20O6/c1-5-15-7-8-17-11(16-6-2)9-18-10(3)12(13)14-4/h5,11H,1,3,6-9H2,2,4H3. The van der Waals surface area contributed by atoms with Crippen LogP contribution in [0.3, 0.4) is 0 Å². The molecule has 0 aliphatic rings. The lowest BCUT2D eigenvalue weighted by Gasteiger charge is -2.18. The van der Waals surface area contributed by atoms with Crippen molar-refractivity contribution >= 4 is 5.97 Å². The largest absolute Gasteiger partial charge is 0.499 e. The summed E-state index contributed by atoms with van der Waals surface area (Å²) in [6, 6.07) is 0. The molecule has 1 atom stereocenters. The molecule has 0 fully saturated rings. The van der Waals surface area contributed by atoms with Crippen molar-refractivity contribution < 1.29 is 28.5 Å². The molecule has 0 aliphatic carbocycles. The molecule has 6 heteroatoms. The van der Waals surface area contributed by atoms with Gasteiger partial charge in [-0.15, -0.1) is 0 Å². The average Bonchev–Trinajstić information content (AvgIpc) is 2.39. The van der Waals surface area contributed by atoms with Gasteiger partial charge in [0, 0.05) is 6.61 Å². The summed E-state index contributed by atoms with van der Waals surface area (Å²) >= 11 is 0. The van der Waals surface area contributed by atoms with Crippen LogP contribution in [0, 0.1) is 0 Å². The molecule has 0 radical (unpaired) electrons. The van der Waals surface area contributed by atoms with Gasteiger partial charge in [0.1, 0.15) is 13.2 Å². The lowest BCUT2D eigenvalue weighted by atomic mass is 10.5. The molecule has 0 saturated carbocycles. The molecule has 0 N–H and O–H groups in total. The number of esters is 1. The van der Waals surface area contributed by atoms with E-state index in [-0.39, 0.29) is 12.4 Å². The average molecular weight is 260 g/mol. The molecule has 0 heterocycles. The monoisotopic (exact) mass is 260 g/mol. The van der Waals surface area contributed by atoms with Crippen molar-refractivity contribution in [3.63, 3.8) is 0 Å². The van der Waals surface area contributed by atoms with Crippen LogP contribution in [0.5, 0.6) is 0 Å². The molecule has 0 spiro atoms. The smallest absolute Gasteiger partial charge is 0.372 e. The number of methoxy groups -OCH3 is 1. The molecule has 0 amide bonds. The van der Waals surface area contributed by atoms with E-state index < -0.39 is 12.3 Å². The second kappa shape index (κ2) is 10.6. The summed E-state index contributed by atoms with van der Waals surface area (Å²) in [5, 5.41) is 0. The third-order valence-corrected chi connectivity index (χ3v) is 1.78. The van der Waals surface area contributed by atoms with Crippen LogP contribution in [-0.2, 0) is 28.5 Å². The summed E-state index contributed by atoms with van der Waals surface area (Å²) < 4.78 is 25.0. The van der Waals surface area contributed by atoms with Crippen molar-refractivity contribution in [1.29, 1.82) is 0 Å². The highest BCUT2D eigenvalue weighted by atomic mass is 16.7. The molecule has 0 aromatic rings. The highest BCUT2D eigenvalue weighted by Gasteiger charge is 2.13. The molecular formula is C12H20O6. The SMILES string of the molecule is C=COCCOC(COC(=C)C(=O)OC)OCC. The Morgan fingerprint density at radius 3 is 2.61 bits per heavy atom.